The van der Waals surface area contributed by atoms with Crippen LogP contribution in [0.15, 0.2) is 60.8 Å². The molecule has 3 aromatic rings. The zero-order valence-corrected chi connectivity index (χ0v) is 17.4. The number of rotatable bonds is 9. The maximum Gasteiger partial charge on any atom is 0.341 e. The molecule has 0 unspecified atom stereocenters. The van der Waals surface area contributed by atoms with Crippen molar-refractivity contribution < 1.29 is 23.7 Å². The van der Waals surface area contributed by atoms with Gasteiger partial charge in [-0.3, -0.25) is 4.98 Å². The molecular weight excluding hydrogens is 382 g/mol. The van der Waals surface area contributed by atoms with Crippen LogP contribution < -0.4 is 14.2 Å². The van der Waals surface area contributed by atoms with Gasteiger partial charge in [0.2, 0.25) is 0 Å². The fourth-order valence-electron chi connectivity index (χ4n) is 2.96. The number of benzene rings is 2. The number of ether oxygens (including phenoxy) is 4. The molecule has 156 valence electrons. The summed E-state index contributed by atoms with van der Waals surface area (Å²) in [6.45, 7) is 2.38. The van der Waals surface area contributed by atoms with Crippen molar-refractivity contribution in [2.24, 2.45) is 0 Å². The second-order valence-corrected chi connectivity index (χ2v) is 6.44. The minimum absolute atomic E-state index is 0.318. The Morgan fingerprint density at radius 2 is 1.73 bits per heavy atom. The van der Waals surface area contributed by atoms with Gasteiger partial charge >= 0.3 is 5.97 Å². The summed E-state index contributed by atoms with van der Waals surface area (Å²) in [6.07, 6.45) is 7.33. The van der Waals surface area contributed by atoms with Gasteiger partial charge in [0.05, 0.1) is 26.3 Å². The molecule has 30 heavy (non-hydrogen) atoms. The number of esters is 1. The normalized spacial score (nSPS) is 10.9. The van der Waals surface area contributed by atoms with Crippen molar-refractivity contribution in [1.82, 2.24) is 4.98 Å². The second kappa shape index (κ2) is 10.3. The first-order valence-corrected chi connectivity index (χ1v) is 9.77. The Bertz CT molecular complexity index is 1040. The Balaban J connectivity index is 1.87. The Morgan fingerprint density at radius 3 is 2.50 bits per heavy atom. The number of allylic oxidation sites excluding steroid dienone is 1. The van der Waals surface area contributed by atoms with E-state index in [4.69, 9.17) is 18.9 Å². The summed E-state index contributed by atoms with van der Waals surface area (Å²) in [7, 11) is 3.14. The highest BCUT2D eigenvalue weighted by Gasteiger charge is 2.16. The van der Waals surface area contributed by atoms with E-state index in [1.54, 1.807) is 56.8 Å². The molecule has 0 spiro atoms. The first-order valence-electron chi connectivity index (χ1n) is 9.77. The van der Waals surface area contributed by atoms with Gasteiger partial charge in [0.25, 0.3) is 0 Å². The van der Waals surface area contributed by atoms with Gasteiger partial charge in [-0.15, -0.1) is 0 Å². The molecule has 0 N–H and O–H groups in total. The average Bonchev–Trinajstić information content (AvgIpc) is 2.78. The minimum atomic E-state index is -0.423. The maximum absolute atomic E-state index is 12.6. The highest BCUT2D eigenvalue weighted by molar-refractivity contribution is 5.93. The Morgan fingerprint density at radius 1 is 0.967 bits per heavy atom. The third-order valence-electron chi connectivity index (χ3n) is 4.45. The van der Waals surface area contributed by atoms with Crippen molar-refractivity contribution in [2.75, 3.05) is 20.8 Å². The lowest BCUT2D eigenvalue weighted by atomic mass is 10.1. The van der Waals surface area contributed by atoms with E-state index < -0.39 is 5.97 Å². The van der Waals surface area contributed by atoms with E-state index in [0.717, 1.165) is 11.8 Å². The summed E-state index contributed by atoms with van der Waals surface area (Å²) in [5.41, 5.74) is 1.05. The van der Waals surface area contributed by atoms with Crippen LogP contribution in [0, 0.1) is 0 Å². The van der Waals surface area contributed by atoms with Crippen molar-refractivity contribution in [2.45, 2.75) is 19.8 Å². The second-order valence-electron chi connectivity index (χ2n) is 6.44. The molecule has 6 nitrogen and oxygen atoms in total. The number of carbonyl (C=O) groups excluding carboxylic acids is 1. The number of pyridine rings is 1. The number of carbonyl (C=O) groups is 1. The first kappa shape index (κ1) is 21.2. The first-order chi connectivity index (χ1) is 14.7. The summed E-state index contributed by atoms with van der Waals surface area (Å²) < 4.78 is 22.2. The molecule has 0 saturated carbocycles. The lowest BCUT2D eigenvalue weighted by Gasteiger charge is -2.14. The van der Waals surface area contributed by atoms with Gasteiger partial charge in [0, 0.05) is 17.6 Å². The highest BCUT2D eigenvalue weighted by Crippen LogP contribution is 2.37. The van der Waals surface area contributed by atoms with E-state index in [1.165, 1.54) is 0 Å². The quantitative estimate of drug-likeness (QED) is 0.263. The van der Waals surface area contributed by atoms with Gasteiger partial charge in [-0.1, -0.05) is 31.2 Å². The zero-order valence-electron chi connectivity index (χ0n) is 17.4. The molecule has 0 fully saturated rings. The number of methoxy groups -OCH3 is 2. The number of nitrogens with zero attached hydrogens (tertiary/aromatic N) is 1. The van der Waals surface area contributed by atoms with Gasteiger partial charge in [-0.2, -0.15) is 0 Å². The predicted octanol–water partition coefficient (Wildman–Crippen LogP) is 5.56. The third-order valence-corrected chi connectivity index (χ3v) is 4.45. The van der Waals surface area contributed by atoms with E-state index in [1.807, 2.05) is 18.2 Å². The molecule has 0 radical (unpaired) electrons. The Kier molecular flexibility index (Phi) is 7.27. The van der Waals surface area contributed by atoms with Crippen molar-refractivity contribution in [3.8, 4) is 23.0 Å². The highest BCUT2D eigenvalue weighted by atomic mass is 16.5. The van der Waals surface area contributed by atoms with Gasteiger partial charge in [0.15, 0.2) is 11.5 Å². The summed E-state index contributed by atoms with van der Waals surface area (Å²) in [4.78, 5) is 16.9. The lowest BCUT2D eigenvalue weighted by Crippen LogP contribution is -2.07. The average molecular weight is 407 g/mol. The van der Waals surface area contributed by atoms with Crippen LogP contribution in [0.5, 0.6) is 23.0 Å². The molecule has 6 heteroatoms. The fraction of sp³-hybridized carbons (Fsp3) is 0.250. The predicted molar refractivity (Wildman–Crippen MR) is 116 cm³/mol. The third kappa shape index (κ3) is 4.89. The molecule has 0 saturated heterocycles. The van der Waals surface area contributed by atoms with E-state index >= 15 is 0 Å². The van der Waals surface area contributed by atoms with Crippen LogP contribution >= 0.6 is 0 Å². The van der Waals surface area contributed by atoms with Crippen LogP contribution in [0.25, 0.3) is 10.9 Å². The van der Waals surface area contributed by atoms with Gasteiger partial charge in [-0.05, 0) is 37.1 Å². The summed E-state index contributed by atoms with van der Waals surface area (Å²) in [5.74, 6) is 1.68. The molecular formula is C24H25NO5. The summed E-state index contributed by atoms with van der Waals surface area (Å²) in [6, 6.07) is 12.3. The standard InChI is InChI=1S/C24H25NO5/c1-4-5-6-9-14-29-24(26)17-10-7-8-11-20(17)30-21-12-13-25-19-16-23(28-3)22(27-2)15-18(19)21/h5-8,10-13,15-16H,4,9,14H2,1-3H3/b6-5-. The van der Waals surface area contributed by atoms with Gasteiger partial charge in [-0.25, -0.2) is 4.79 Å². The molecule has 0 aliphatic heterocycles. The number of fused-ring (bicyclic) bond motifs is 1. The molecule has 0 aliphatic carbocycles. The molecule has 1 heterocycles. The van der Waals surface area contributed by atoms with Crippen molar-refractivity contribution in [3.63, 3.8) is 0 Å². The lowest BCUT2D eigenvalue weighted by molar-refractivity contribution is 0.0509. The smallest absolute Gasteiger partial charge is 0.341 e. The van der Waals surface area contributed by atoms with Crippen LogP contribution in [0.4, 0.5) is 0 Å². The van der Waals surface area contributed by atoms with Crippen LogP contribution in [0.1, 0.15) is 30.1 Å². The topological polar surface area (TPSA) is 66.9 Å². The molecule has 1 aromatic heterocycles. The van der Waals surface area contributed by atoms with E-state index in [9.17, 15) is 4.79 Å². The van der Waals surface area contributed by atoms with E-state index in [2.05, 4.69) is 11.9 Å². The fourth-order valence-corrected chi connectivity index (χ4v) is 2.96. The Hall–Kier alpha value is -3.54. The molecule has 0 aliphatic rings. The SMILES string of the molecule is CC/C=C\CCOC(=O)c1ccccc1Oc1ccnc2cc(OC)c(OC)cc12. The molecule has 3 rings (SSSR count). The van der Waals surface area contributed by atoms with Crippen LogP contribution in [-0.4, -0.2) is 31.8 Å². The summed E-state index contributed by atoms with van der Waals surface area (Å²) in [5, 5.41) is 0.739. The van der Waals surface area contributed by atoms with Gasteiger partial charge in [0.1, 0.15) is 17.1 Å². The van der Waals surface area contributed by atoms with E-state index in [-0.39, 0.29) is 0 Å². The minimum Gasteiger partial charge on any atom is -0.493 e. The van der Waals surface area contributed by atoms with Crippen LogP contribution in [0.2, 0.25) is 0 Å². The monoisotopic (exact) mass is 407 g/mol. The van der Waals surface area contributed by atoms with Gasteiger partial charge < -0.3 is 18.9 Å². The summed E-state index contributed by atoms with van der Waals surface area (Å²) >= 11 is 0. The number of hydrogen-bond acceptors (Lipinski definition) is 6. The molecule has 0 atom stereocenters. The van der Waals surface area contributed by atoms with Crippen molar-refractivity contribution >= 4 is 16.9 Å². The van der Waals surface area contributed by atoms with Crippen LogP contribution in [-0.2, 0) is 4.74 Å². The maximum atomic E-state index is 12.6. The molecule has 0 bridgehead atoms. The number of para-hydroxylation sites is 1. The zero-order chi connectivity index (χ0) is 21.3. The number of hydrogen-bond donors (Lipinski definition) is 0. The largest absolute Gasteiger partial charge is 0.493 e. The van der Waals surface area contributed by atoms with Crippen LogP contribution in [0.3, 0.4) is 0 Å². The number of aromatic nitrogens is 1. The van der Waals surface area contributed by atoms with E-state index in [0.29, 0.717) is 47.1 Å². The Labute approximate surface area is 176 Å². The van der Waals surface area contributed by atoms with Crippen molar-refractivity contribution in [3.05, 3.63) is 66.4 Å². The van der Waals surface area contributed by atoms with Crippen molar-refractivity contribution in [1.29, 1.82) is 0 Å². The molecule has 2 aromatic carbocycles. The molecule has 0 amide bonds.